The molecule has 0 aliphatic heterocycles. The molecular formula is C12H12F2O2. The third kappa shape index (κ3) is 3.15. The van der Waals surface area contributed by atoms with Gasteiger partial charge in [0.15, 0.2) is 0 Å². The Morgan fingerprint density at radius 1 is 1.56 bits per heavy atom. The molecule has 0 saturated carbocycles. The summed E-state index contributed by atoms with van der Waals surface area (Å²) in [7, 11) is 0. The predicted octanol–water partition coefficient (Wildman–Crippen LogP) is 3.26. The highest BCUT2D eigenvalue weighted by Gasteiger charge is 2.12. The number of carboxylic acid groups (broad SMARTS) is 1. The van der Waals surface area contributed by atoms with Crippen LogP contribution in [0.15, 0.2) is 36.2 Å². The fourth-order valence-corrected chi connectivity index (χ4v) is 1.43. The van der Waals surface area contributed by atoms with Crippen molar-refractivity contribution >= 4 is 5.97 Å². The SMILES string of the molecule is CCC(C=C(F)C(=O)O)c1cccc(F)c1. The molecule has 1 unspecified atom stereocenters. The molecule has 0 aliphatic rings. The molecule has 0 heterocycles. The van der Waals surface area contributed by atoms with Gasteiger partial charge in [0.05, 0.1) is 0 Å². The maximum absolute atomic E-state index is 12.9. The van der Waals surface area contributed by atoms with Crippen molar-refractivity contribution in [1.29, 1.82) is 0 Å². The molecule has 0 aliphatic carbocycles. The largest absolute Gasteiger partial charge is 0.476 e. The minimum atomic E-state index is -1.60. The third-order valence-electron chi connectivity index (χ3n) is 2.27. The van der Waals surface area contributed by atoms with Crippen LogP contribution in [-0.2, 0) is 4.79 Å². The van der Waals surface area contributed by atoms with Crippen LogP contribution in [0.1, 0.15) is 24.8 Å². The average Bonchev–Trinajstić information content (AvgIpc) is 2.25. The fraction of sp³-hybridized carbons (Fsp3) is 0.250. The molecule has 0 amide bonds. The van der Waals surface area contributed by atoms with Gasteiger partial charge in [-0.3, -0.25) is 0 Å². The number of hydrogen-bond donors (Lipinski definition) is 1. The highest BCUT2D eigenvalue weighted by Crippen LogP contribution is 2.23. The molecule has 1 rings (SSSR count). The molecule has 4 heteroatoms. The van der Waals surface area contributed by atoms with Crippen molar-refractivity contribution in [3.8, 4) is 0 Å². The van der Waals surface area contributed by atoms with E-state index in [4.69, 9.17) is 5.11 Å². The quantitative estimate of drug-likeness (QED) is 0.800. The van der Waals surface area contributed by atoms with E-state index in [0.29, 0.717) is 12.0 Å². The molecule has 1 atom stereocenters. The lowest BCUT2D eigenvalue weighted by Crippen LogP contribution is -2.00. The zero-order chi connectivity index (χ0) is 12.1. The molecule has 16 heavy (non-hydrogen) atoms. The summed E-state index contributed by atoms with van der Waals surface area (Å²) in [6, 6.07) is 5.72. The second-order valence-electron chi connectivity index (χ2n) is 3.39. The van der Waals surface area contributed by atoms with Crippen LogP contribution in [0.3, 0.4) is 0 Å². The molecule has 2 nitrogen and oxygen atoms in total. The summed E-state index contributed by atoms with van der Waals surface area (Å²) in [5, 5.41) is 8.41. The van der Waals surface area contributed by atoms with E-state index in [2.05, 4.69) is 0 Å². The van der Waals surface area contributed by atoms with Gasteiger partial charge in [-0.05, 0) is 30.2 Å². The first-order valence-corrected chi connectivity index (χ1v) is 4.90. The molecule has 0 radical (unpaired) electrons. The Balaban J connectivity index is 2.99. The lowest BCUT2D eigenvalue weighted by molar-refractivity contribution is -0.134. The van der Waals surface area contributed by atoms with Crippen LogP contribution in [0.25, 0.3) is 0 Å². The van der Waals surface area contributed by atoms with Crippen LogP contribution < -0.4 is 0 Å². The Hall–Kier alpha value is -1.71. The molecule has 0 fully saturated rings. The van der Waals surface area contributed by atoms with E-state index in [-0.39, 0.29) is 0 Å². The van der Waals surface area contributed by atoms with Gasteiger partial charge in [-0.25, -0.2) is 9.18 Å². The number of allylic oxidation sites excluding steroid dienone is 1. The third-order valence-corrected chi connectivity index (χ3v) is 2.27. The molecular weight excluding hydrogens is 214 g/mol. The van der Waals surface area contributed by atoms with Crippen LogP contribution in [0.5, 0.6) is 0 Å². The van der Waals surface area contributed by atoms with Crippen LogP contribution in [0.4, 0.5) is 8.78 Å². The van der Waals surface area contributed by atoms with Crippen molar-refractivity contribution in [2.75, 3.05) is 0 Å². The number of carboxylic acids is 1. The first kappa shape index (κ1) is 12.4. The van der Waals surface area contributed by atoms with E-state index >= 15 is 0 Å². The molecule has 0 aromatic heterocycles. The number of aliphatic carboxylic acids is 1. The maximum Gasteiger partial charge on any atom is 0.364 e. The van der Waals surface area contributed by atoms with Crippen molar-refractivity contribution < 1.29 is 18.7 Å². The highest BCUT2D eigenvalue weighted by molar-refractivity contribution is 5.84. The molecule has 1 aromatic carbocycles. The molecule has 0 saturated heterocycles. The zero-order valence-corrected chi connectivity index (χ0v) is 8.78. The van der Waals surface area contributed by atoms with E-state index in [9.17, 15) is 13.6 Å². The second kappa shape index (κ2) is 5.39. The minimum Gasteiger partial charge on any atom is -0.476 e. The van der Waals surface area contributed by atoms with Gasteiger partial charge in [-0.1, -0.05) is 19.1 Å². The maximum atomic E-state index is 12.9. The van der Waals surface area contributed by atoms with Crippen LogP contribution in [-0.4, -0.2) is 11.1 Å². The Kier molecular flexibility index (Phi) is 4.17. The first-order chi connectivity index (χ1) is 7.54. The predicted molar refractivity (Wildman–Crippen MR) is 56.3 cm³/mol. The number of hydrogen-bond acceptors (Lipinski definition) is 1. The number of halogens is 2. The van der Waals surface area contributed by atoms with Gasteiger partial charge in [0.2, 0.25) is 5.83 Å². The first-order valence-electron chi connectivity index (χ1n) is 4.90. The zero-order valence-electron chi connectivity index (χ0n) is 8.78. The number of carbonyl (C=O) groups is 1. The Morgan fingerprint density at radius 3 is 2.75 bits per heavy atom. The average molecular weight is 226 g/mol. The summed E-state index contributed by atoms with van der Waals surface area (Å²) in [6.07, 6.45) is 1.50. The summed E-state index contributed by atoms with van der Waals surface area (Å²) in [4.78, 5) is 10.3. The monoisotopic (exact) mass is 226 g/mol. The topological polar surface area (TPSA) is 37.3 Å². The van der Waals surface area contributed by atoms with E-state index in [1.807, 2.05) is 0 Å². The summed E-state index contributed by atoms with van der Waals surface area (Å²) >= 11 is 0. The minimum absolute atomic E-state index is 0.417. The van der Waals surface area contributed by atoms with E-state index in [1.54, 1.807) is 13.0 Å². The summed E-state index contributed by atoms with van der Waals surface area (Å²) < 4.78 is 25.8. The lowest BCUT2D eigenvalue weighted by atomic mass is 9.96. The molecule has 86 valence electrons. The van der Waals surface area contributed by atoms with E-state index in [0.717, 1.165) is 6.08 Å². The van der Waals surface area contributed by atoms with Crippen LogP contribution in [0, 0.1) is 5.82 Å². The Bertz CT molecular complexity index is 413. The normalized spacial score (nSPS) is 13.6. The van der Waals surface area contributed by atoms with Gasteiger partial charge < -0.3 is 5.11 Å². The van der Waals surface area contributed by atoms with Gasteiger partial charge in [-0.2, -0.15) is 4.39 Å². The van der Waals surface area contributed by atoms with Gasteiger partial charge >= 0.3 is 5.97 Å². The fourth-order valence-electron chi connectivity index (χ4n) is 1.43. The Morgan fingerprint density at radius 2 is 2.25 bits per heavy atom. The van der Waals surface area contributed by atoms with E-state index in [1.165, 1.54) is 18.2 Å². The van der Waals surface area contributed by atoms with Crippen LogP contribution in [0.2, 0.25) is 0 Å². The smallest absolute Gasteiger partial charge is 0.364 e. The van der Waals surface area contributed by atoms with Gasteiger partial charge in [0, 0.05) is 5.92 Å². The van der Waals surface area contributed by atoms with Gasteiger partial charge in [0.1, 0.15) is 5.82 Å². The van der Waals surface area contributed by atoms with Crippen molar-refractivity contribution in [2.45, 2.75) is 19.3 Å². The van der Waals surface area contributed by atoms with E-state index < -0.39 is 23.5 Å². The second-order valence-corrected chi connectivity index (χ2v) is 3.39. The van der Waals surface area contributed by atoms with Crippen molar-refractivity contribution in [1.82, 2.24) is 0 Å². The molecule has 1 aromatic rings. The van der Waals surface area contributed by atoms with Crippen molar-refractivity contribution in [2.24, 2.45) is 0 Å². The van der Waals surface area contributed by atoms with Gasteiger partial charge in [-0.15, -0.1) is 0 Å². The lowest BCUT2D eigenvalue weighted by Gasteiger charge is -2.10. The van der Waals surface area contributed by atoms with Gasteiger partial charge in [0.25, 0.3) is 0 Å². The molecule has 1 N–H and O–H groups in total. The summed E-state index contributed by atoms with van der Waals surface area (Å²) in [5.41, 5.74) is 0.568. The number of benzene rings is 1. The van der Waals surface area contributed by atoms with Crippen LogP contribution >= 0.6 is 0 Å². The van der Waals surface area contributed by atoms with Crippen molar-refractivity contribution in [3.63, 3.8) is 0 Å². The summed E-state index contributed by atoms with van der Waals surface area (Å²) in [5.74, 6) is -3.65. The Labute approximate surface area is 92.2 Å². The van der Waals surface area contributed by atoms with Crippen molar-refractivity contribution in [3.05, 3.63) is 47.5 Å². The molecule has 0 bridgehead atoms. The number of rotatable bonds is 4. The standard InChI is InChI=1S/C12H12F2O2/c1-2-8(7-11(14)12(15)16)9-4-3-5-10(13)6-9/h3-8H,2H2,1H3,(H,15,16). The summed E-state index contributed by atoms with van der Waals surface area (Å²) in [6.45, 7) is 1.78. The molecule has 0 spiro atoms. The highest BCUT2D eigenvalue weighted by atomic mass is 19.1.